The predicted molar refractivity (Wildman–Crippen MR) is 112 cm³/mol. The van der Waals surface area contributed by atoms with E-state index in [1.807, 2.05) is 0 Å². The van der Waals surface area contributed by atoms with Gasteiger partial charge in [-0.1, -0.05) is 12.1 Å². The van der Waals surface area contributed by atoms with Crippen LogP contribution in [0.3, 0.4) is 0 Å². The Morgan fingerprint density at radius 2 is 1.73 bits per heavy atom. The van der Waals surface area contributed by atoms with Gasteiger partial charge in [0.25, 0.3) is 0 Å². The van der Waals surface area contributed by atoms with Crippen LogP contribution in [0.2, 0.25) is 0 Å². The molecule has 0 saturated carbocycles. The van der Waals surface area contributed by atoms with Crippen LogP contribution in [0.5, 0.6) is 23.0 Å². The molecule has 4 rings (SSSR count). The van der Waals surface area contributed by atoms with Gasteiger partial charge in [-0.3, -0.25) is 4.79 Å². The number of benzene rings is 2. The minimum absolute atomic E-state index is 0.0171. The number of methoxy groups -OCH3 is 1. The van der Waals surface area contributed by atoms with Gasteiger partial charge in [-0.05, 0) is 17.7 Å². The maximum atomic E-state index is 13.1. The first-order valence-electron chi connectivity index (χ1n) is 9.88. The highest BCUT2D eigenvalue weighted by molar-refractivity contribution is 5.91. The highest BCUT2D eigenvalue weighted by Gasteiger charge is 2.45. The molecule has 1 fully saturated rings. The Balaban J connectivity index is 1.77. The fourth-order valence-corrected chi connectivity index (χ4v) is 3.64. The summed E-state index contributed by atoms with van der Waals surface area (Å²) in [7, 11) is 1.21. The van der Waals surface area contributed by atoms with Gasteiger partial charge >= 0.3 is 0 Å². The van der Waals surface area contributed by atoms with Gasteiger partial charge in [0.1, 0.15) is 47.4 Å². The molecule has 0 amide bonds. The molecule has 0 radical (unpaired) electrons. The molecule has 0 spiro atoms. The Morgan fingerprint density at radius 3 is 2.36 bits per heavy atom. The van der Waals surface area contributed by atoms with Crippen molar-refractivity contribution in [1.29, 1.82) is 0 Å². The number of ether oxygens (including phenoxy) is 3. The van der Waals surface area contributed by atoms with E-state index in [4.69, 9.17) is 18.6 Å². The molecular weight excluding hydrogens is 440 g/mol. The van der Waals surface area contributed by atoms with Crippen molar-refractivity contribution in [2.24, 2.45) is 0 Å². The third-order valence-electron chi connectivity index (χ3n) is 5.43. The zero-order chi connectivity index (χ0) is 23.9. The van der Waals surface area contributed by atoms with E-state index in [1.165, 1.54) is 43.7 Å². The van der Waals surface area contributed by atoms with E-state index >= 15 is 0 Å². The Kier molecular flexibility index (Phi) is 6.15. The molecule has 2 aromatic carbocycles. The quantitative estimate of drug-likeness (QED) is 0.302. The minimum atomic E-state index is -1.70. The topological polar surface area (TPSA) is 179 Å². The summed E-state index contributed by atoms with van der Waals surface area (Å²) in [4.78, 5) is 13.1. The second-order valence-corrected chi connectivity index (χ2v) is 7.47. The van der Waals surface area contributed by atoms with E-state index in [2.05, 4.69) is 0 Å². The third-order valence-corrected chi connectivity index (χ3v) is 5.43. The van der Waals surface area contributed by atoms with Crippen LogP contribution in [0, 0.1) is 0 Å². The molecule has 2 heterocycles. The maximum Gasteiger partial charge on any atom is 0.229 e. The second-order valence-electron chi connectivity index (χ2n) is 7.47. The second kappa shape index (κ2) is 8.89. The first kappa shape index (κ1) is 22.8. The van der Waals surface area contributed by atoms with Crippen LogP contribution in [-0.2, 0) is 4.74 Å². The highest BCUT2D eigenvalue weighted by atomic mass is 16.7. The largest absolute Gasteiger partial charge is 0.508 e. The summed E-state index contributed by atoms with van der Waals surface area (Å²) in [6, 6.07) is 7.06. The molecule has 1 saturated heterocycles. The van der Waals surface area contributed by atoms with Crippen molar-refractivity contribution in [1.82, 2.24) is 0 Å². The SMILES string of the molecule is COc1c(O[C@@H]2OC(CO)[C@@H](O)C(O)C2O)cc2occ(-c3ccc(O)cc3)c(=O)c2c1O. The monoisotopic (exact) mass is 462 g/mol. The number of phenols is 2. The van der Waals surface area contributed by atoms with Crippen LogP contribution in [0.15, 0.2) is 45.8 Å². The summed E-state index contributed by atoms with van der Waals surface area (Å²) in [5.41, 5.74) is -0.0662. The van der Waals surface area contributed by atoms with Gasteiger partial charge in [0.15, 0.2) is 11.5 Å². The van der Waals surface area contributed by atoms with Crippen molar-refractivity contribution in [3.8, 4) is 34.1 Å². The molecule has 3 aromatic rings. The molecule has 3 unspecified atom stereocenters. The van der Waals surface area contributed by atoms with Crippen molar-refractivity contribution in [2.75, 3.05) is 13.7 Å². The summed E-state index contributed by atoms with van der Waals surface area (Å²) in [5, 5.41) is 59.5. The number of aliphatic hydroxyl groups excluding tert-OH is 4. The number of rotatable bonds is 5. The van der Waals surface area contributed by atoms with Crippen molar-refractivity contribution in [3.05, 3.63) is 46.8 Å². The molecule has 0 aliphatic carbocycles. The molecule has 5 atom stereocenters. The number of aliphatic hydroxyl groups is 4. The zero-order valence-corrected chi connectivity index (χ0v) is 17.3. The van der Waals surface area contributed by atoms with E-state index in [-0.39, 0.29) is 33.8 Å². The van der Waals surface area contributed by atoms with E-state index in [9.17, 15) is 35.4 Å². The van der Waals surface area contributed by atoms with E-state index < -0.39 is 48.5 Å². The van der Waals surface area contributed by atoms with Crippen molar-refractivity contribution in [3.63, 3.8) is 0 Å². The Bertz CT molecular complexity index is 1200. The lowest BCUT2D eigenvalue weighted by atomic mass is 9.99. The highest BCUT2D eigenvalue weighted by Crippen LogP contribution is 2.43. The van der Waals surface area contributed by atoms with Gasteiger partial charge < -0.3 is 49.3 Å². The summed E-state index contributed by atoms with van der Waals surface area (Å²) in [6.07, 6.45) is -6.52. The standard InChI is InChI=1S/C22H22O11/c1-30-21-13(32-22-20(29)19(28)17(26)14(7-23)33-22)6-12-15(18(21)27)16(25)11(8-31-12)9-2-4-10(24)5-3-9/h2-6,8,14,17,19-20,22-24,26-29H,7H2,1H3/t14?,17-,19?,20?,22-/m1/s1. The van der Waals surface area contributed by atoms with Gasteiger partial charge in [-0.15, -0.1) is 0 Å². The molecular formula is C22H22O11. The average molecular weight is 462 g/mol. The van der Waals surface area contributed by atoms with Gasteiger partial charge in [-0.25, -0.2) is 0 Å². The normalized spacial score (nSPS) is 25.2. The van der Waals surface area contributed by atoms with Gasteiger partial charge in [-0.2, -0.15) is 0 Å². The van der Waals surface area contributed by atoms with E-state index in [0.717, 1.165) is 0 Å². The lowest BCUT2D eigenvalue weighted by molar-refractivity contribution is -0.277. The molecule has 1 aromatic heterocycles. The van der Waals surface area contributed by atoms with Crippen LogP contribution in [0.1, 0.15) is 0 Å². The van der Waals surface area contributed by atoms with E-state index in [1.54, 1.807) is 0 Å². The summed E-state index contributed by atoms with van der Waals surface area (Å²) < 4.78 is 21.6. The molecule has 11 nitrogen and oxygen atoms in total. The summed E-state index contributed by atoms with van der Waals surface area (Å²) >= 11 is 0. The van der Waals surface area contributed by atoms with Gasteiger partial charge in [0, 0.05) is 6.07 Å². The smallest absolute Gasteiger partial charge is 0.229 e. The third kappa shape index (κ3) is 3.96. The Hall–Kier alpha value is -3.35. The van der Waals surface area contributed by atoms with Crippen molar-refractivity contribution < 1.29 is 49.3 Å². The molecule has 1 aliphatic rings. The zero-order valence-electron chi connectivity index (χ0n) is 17.3. The molecule has 6 N–H and O–H groups in total. The first-order valence-corrected chi connectivity index (χ1v) is 9.88. The fourth-order valence-electron chi connectivity index (χ4n) is 3.64. The van der Waals surface area contributed by atoms with Crippen LogP contribution in [0.25, 0.3) is 22.1 Å². The Labute approximate surface area is 186 Å². The maximum absolute atomic E-state index is 13.1. The minimum Gasteiger partial charge on any atom is -0.508 e. The van der Waals surface area contributed by atoms with Gasteiger partial charge in [0.2, 0.25) is 17.5 Å². The first-order chi connectivity index (χ1) is 15.8. The molecule has 176 valence electrons. The van der Waals surface area contributed by atoms with Gasteiger partial charge in [0.05, 0.1) is 19.3 Å². The summed E-state index contributed by atoms with van der Waals surface area (Å²) in [6.45, 7) is -0.653. The molecule has 33 heavy (non-hydrogen) atoms. The molecule has 1 aliphatic heterocycles. The fraction of sp³-hybridized carbons (Fsp3) is 0.318. The molecule has 0 bridgehead atoms. The van der Waals surface area contributed by atoms with Crippen LogP contribution in [-0.4, -0.2) is 75.1 Å². The number of aromatic hydroxyl groups is 2. The number of phenolic OH excluding ortho intramolecular Hbond substituents is 2. The summed E-state index contributed by atoms with van der Waals surface area (Å²) in [5.74, 6) is -1.03. The van der Waals surface area contributed by atoms with Crippen LogP contribution in [0.4, 0.5) is 0 Å². The predicted octanol–water partition coefficient (Wildman–Crippen LogP) is 0.0585. The van der Waals surface area contributed by atoms with E-state index in [0.29, 0.717) is 5.56 Å². The van der Waals surface area contributed by atoms with Crippen LogP contribution >= 0.6 is 0 Å². The van der Waals surface area contributed by atoms with Crippen LogP contribution < -0.4 is 14.9 Å². The van der Waals surface area contributed by atoms with Crippen molar-refractivity contribution in [2.45, 2.75) is 30.7 Å². The number of hydrogen-bond donors (Lipinski definition) is 6. The number of fused-ring (bicyclic) bond motifs is 1. The lowest BCUT2D eigenvalue weighted by Gasteiger charge is -2.39. The molecule has 11 heteroatoms. The average Bonchev–Trinajstić information content (AvgIpc) is 2.80. The Morgan fingerprint density at radius 1 is 1.03 bits per heavy atom. The lowest BCUT2D eigenvalue weighted by Crippen LogP contribution is -2.60. The number of hydrogen-bond acceptors (Lipinski definition) is 11. The van der Waals surface area contributed by atoms with Crippen molar-refractivity contribution >= 4 is 11.0 Å².